The van der Waals surface area contributed by atoms with Gasteiger partial charge in [0.2, 0.25) is 0 Å². The van der Waals surface area contributed by atoms with Gasteiger partial charge in [0, 0.05) is 23.4 Å². The van der Waals surface area contributed by atoms with Crippen LogP contribution in [0.4, 0.5) is 0 Å². The Morgan fingerprint density at radius 3 is 2.50 bits per heavy atom. The van der Waals surface area contributed by atoms with Crippen molar-refractivity contribution in [3.8, 4) is 0 Å². The van der Waals surface area contributed by atoms with E-state index in [-0.39, 0.29) is 5.41 Å². The van der Waals surface area contributed by atoms with Crippen molar-refractivity contribution in [2.24, 2.45) is 0 Å². The van der Waals surface area contributed by atoms with Crippen molar-refractivity contribution in [2.45, 2.75) is 44.4 Å². The SMILES string of the molecule is CCNC(=O)C(=O)NCC1(c2cccs2)CCCCC1. The van der Waals surface area contributed by atoms with Gasteiger partial charge >= 0.3 is 11.8 Å². The first kappa shape index (κ1) is 15.0. The molecule has 1 aromatic heterocycles. The molecule has 1 fully saturated rings. The number of amides is 2. The predicted molar refractivity (Wildman–Crippen MR) is 80.8 cm³/mol. The van der Waals surface area contributed by atoms with Gasteiger partial charge in [0.05, 0.1) is 0 Å². The van der Waals surface area contributed by atoms with Crippen LogP contribution in [0.5, 0.6) is 0 Å². The molecule has 1 aromatic rings. The van der Waals surface area contributed by atoms with Gasteiger partial charge in [-0.3, -0.25) is 9.59 Å². The molecule has 2 N–H and O–H groups in total. The van der Waals surface area contributed by atoms with Gasteiger partial charge < -0.3 is 10.6 Å². The second-order valence-electron chi connectivity index (χ2n) is 5.36. The molecule has 2 amide bonds. The predicted octanol–water partition coefficient (Wildman–Crippen LogP) is 2.20. The smallest absolute Gasteiger partial charge is 0.309 e. The first-order valence-corrected chi connectivity index (χ1v) is 8.16. The number of nitrogens with one attached hydrogen (secondary N) is 2. The molecule has 0 spiro atoms. The Kier molecular flexibility index (Phi) is 5.17. The van der Waals surface area contributed by atoms with Crippen molar-refractivity contribution in [1.82, 2.24) is 10.6 Å². The fourth-order valence-corrected chi connectivity index (χ4v) is 3.88. The van der Waals surface area contributed by atoms with Gasteiger partial charge in [0.1, 0.15) is 0 Å². The van der Waals surface area contributed by atoms with E-state index in [9.17, 15) is 9.59 Å². The molecular formula is C15H22N2O2S. The minimum atomic E-state index is -0.537. The van der Waals surface area contributed by atoms with Crippen molar-refractivity contribution in [1.29, 1.82) is 0 Å². The lowest BCUT2D eigenvalue weighted by molar-refractivity contribution is -0.139. The zero-order valence-corrected chi connectivity index (χ0v) is 12.7. The van der Waals surface area contributed by atoms with Gasteiger partial charge in [-0.05, 0) is 31.2 Å². The Morgan fingerprint density at radius 1 is 1.20 bits per heavy atom. The van der Waals surface area contributed by atoms with E-state index < -0.39 is 11.8 Å². The quantitative estimate of drug-likeness (QED) is 0.836. The van der Waals surface area contributed by atoms with Crippen LogP contribution in [0.2, 0.25) is 0 Å². The summed E-state index contributed by atoms with van der Waals surface area (Å²) < 4.78 is 0. The third kappa shape index (κ3) is 3.39. The van der Waals surface area contributed by atoms with Crippen LogP contribution in [0.1, 0.15) is 43.9 Å². The minimum Gasteiger partial charge on any atom is -0.348 e. The summed E-state index contributed by atoms with van der Waals surface area (Å²) in [5, 5.41) is 7.43. The first-order chi connectivity index (χ1) is 9.68. The molecule has 0 atom stereocenters. The van der Waals surface area contributed by atoms with Crippen LogP contribution in [0.25, 0.3) is 0 Å². The third-order valence-electron chi connectivity index (χ3n) is 3.99. The highest BCUT2D eigenvalue weighted by atomic mass is 32.1. The fraction of sp³-hybridized carbons (Fsp3) is 0.600. The summed E-state index contributed by atoms with van der Waals surface area (Å²) in [6.07, 6.45) is 5.81. The topological polar surface area (TPSA) is 58.2 Å². The zero-order chi connectivity index (χ0) is 14.4. The Morgan fingerprint density at radius 2 is 1.90 bits per heavy atom. The lowest BCUT2D eigenvalue weighted by Crippen LogP contribution is -2.46. The molecule has 0 aliphatic heterocycles. The van der Waals surface area contributed by atoms with Crippen LogP contribution in [0.3, 0.4) is 0 Å². The van der Waals surface area contributed by atoms with Crippen LogP contribution in [-0.4, -0.2) is 24.9 Å². The van der Waals surface area contributed by atoms with Gasteiger partial charge in [-0.1, -0.05) is 25.3 Å². The lowest BCUT2D eigenvalue weighted by Gasteiger charge is -2.36. The van der Waals surface area contributed by atoms with Crippen LogP contribution < -0.4 is 10.6 Å². The van der Waals surface area contributed by atoms with Crippen molar-refractivity contribution < 1.29 is 9.59 Å². The summed E-state index contributed by atoms with van der Waals surface area (Å²) in [4.78, 5) is 24.6. The molecule has 0 radical (unpaired) electrons. The monoisotopic (exact) mass is 294 g/mol. The Bertz CT molecular complexity index is 450. The van der Waals surface area contributed by atoms with Crippen LogP contribution in [0, 0.1) is 0 Å². The Hall–Kier alpha value is -1.36. The minimum absolute atomic E-state index is 0.0224. The second kappa shape index (κ2) is 6.88. The van der Waals surface area contributed by atoms with Gasteiger partial charge in [0.25, 0.3) is 0 Å². The van der Waals surface area contributed by atoms with E-state index in [2.05, 4.69) is 28.1 Å². The molecule has 110 valence electrons. The van der Waals surface area contributed by atoms with E-state index in [1.807, 2.05) is 0 Å². The van der Waals surface area contributed by atoms with Gasteiger partial charge in [-0.25, -0.2) is 0 Å². The Labute approximate surface area is 124 Å². The zero-order valence-electron chi connectivity index (χ0n) is 11.9. The van der Waals surface area contributed by atoms with Gasteiger partial charge in [-0.15, -0.1) is 11.3 Å². The molecule has 0 aromatic carbocycles. The van der Waals surface area contributed by atoms with E-state index in [1.54, 1.807) is 18.3 Å². The van der Waals surface area contributed by atoms with E-state index in [4.69, 9.17) is 0 Å². The normalized spacial score (nSPS) is 17.4. The molecular weight excluding hydrogens is 272 g/mol. The molecule has 1 aliphatic rings. The third-order valence-corrected chi connectivity index (χ3v) is 5.10. The maximum absolute atomic E-state index is 11.8. The number of carbonyl (C=O) groups excluding carboxylic acids is 2. The van der Waals surface area contributed by atoms with Gasteiger partial charge in [0.15, 0.2) is 0 Å². The highest BCUT2D eigenvalue weighted by molar-refractivity contribution is 7.10. The maximum Gasteiger partial charge on any atom is 0.309 e. The van der Waals surface area contributed by atoms with Crippen LogP contribution in [-0.2, 0) is 15.0 Å². The standard InChI is InChI=1S/C15H22N2O2S/c1-2-16-13(18)14(19)17-11-15(8-4-3-5-9-15)12-7-6-10-20-12/h6-7,10H,2-5,8-9,11H2,1H3,(H,16,18)(H,17,19). The summed E-state index contributed by atoms with van der Waals surface area (Å²) in [5.74, 6) is -1.06. The van der Waals surface area contributed by atoms with Gasteiger partial charge in [-0.2, -0.15) is 0 Å². The number of likely N-dealkylation sites (N-methyl/N-ethyl adjacent to an activating group) is 1. The maximum atomic E-state index is 11.8. The van der Waals surface area contributed by atoms with Crippen molar-refractivity contribution in [3.63, 3.8) is 0 Å². The summed E-state index contributed by atoms with van der Waals surface area (Å²) in [7, 11) is 0. The molecule has 20 heavy (non-hydrogen) atoms. The summed E-state index contributed by atoms with van der Waals surface area (Å²) in [5.41, 5.74) is 0.0224. The lowest BCUT2D eigenvalue weighted by atomic mass is 9.73. The largest absolute Gasteiger partial charge is 0.348 e. The van der Waals surface area contributed by atoms with E-state index in [1.165, 1.54) is 24.1 Å². The highest BCUT2D eigenvalue weighted by Crippen LogP contribution is 2.40. The molecule has 4 nitrogen and oxygen atoms in total. The average Bonchev–Trinajstić information content (AvgIpc) is 3.01. The van der Waals surface area contributed by atoms with Crippen molar-refractivity contribution >= 4 is 23.2 Å². The summed E-state index contributed by atoms with van der Waals surface area (Å²) in [6, 6.07) is 4.20. The molecule has 1 heterocycles. The second-order valence-corrected chi connectivity index (χ2v) is 6.31. The van der Waals surface area contributed by atoms with E-state index >= 15 is 0 Å². The molecule has 5 heteroatoms. The fourth-order valence-electron chi connectivity index (χ4n) is 2.89. The van der Waals surface area contributed by atoms with Crippen molar-refractivity contribution in [2.75, 3.05) is 13.1 Å². The number of rotatable bonds is 4. The molecule has 1 aliphatic carbocycles. The average molecular weight is 294 g/mol. The van der Waals surface area contributed by atoms with Crippen LogP contribution >= 0.6 is 11.3 Å². The van der Waals surface area contributed by atoms with E-state index in [0.717, 1.165) is 12.8 Å². The number of thiophene rings is 1. The first-order valence-electron chi connectivity index (χ1n) is 7.28. The molecule has 0 bridgehead atoms. The molecule has 0 saturated heterocycles. The highest BCUT2D eigenvalue weighted by Gasteiger charge is 2.35. The molecule has 2 rings (SSSR count). The number of carbonyl (C=O) groups is 2. The Balaban J connectivity index is 2.02. The number of hydrogen-bond acceptors (Lipinski definition) is 3. The summed E-state index contributed by atoms with van der Waals surface area (Å²) in [6.45, 7) is 2.84. The molecule has 1 saturated carbocycles. The van der Waals surface area contributed by atoms with Crippen molar-refractivity contribution in [3.05, 3.63) is 22.4 Å². The molecule has 0 unspecified atom stereocenters. The number of hydrogen-bond donors (Lipinski definition) is 2. The van der Waals surface area contributed by atoms with Crippen LogP contribution in [0.15, 0.2) is 17.5 Å². The van der Waals surface area contributed by atoms with E-state index in [0.29, 0.717) is 13.1 Å². The summed E-state index contributed by atoms with van der Waals surface area (Å²) >= 11 is 1.75.